The molecule has 30 heavy (non-hydrogen) atoms. The molecule has 0 atom stereocenters. The van der Waals surface area contributed by atoms with Crippen molar-refractivity contribution in [1.82, 2.24) is 19.2 Å². The van der Waals surface area contributed by atoms with Crippen LogP contribution in [0.25, 0.3) is 5.65 Å². The molecule has 2 aromatic heterocycles. The van der Waals surface area contributed by atoms with Gasteiger partial charge in [0.25, 0.3) is 5.91 Å². The molecule has 2 aliphatic rings. The molecule has 0 saturated carbocycles. The van der Waals surface area contributed by atoms with E-state index in [0.29, 0.717) is 25.6 Å². The maximum atomic E-state index is 13.4. The third-order valence-electron chi connectivity index (χ3n) is 5.88. The molecular weight excluding hydrogens is 380 g/mol. The zero-order chi connectivity index (χ0) is 20.7. The van der Waals surface area contributed by atoms with E-state index in [1.165, 1.54) is 5.56 Å². The summed E-state index contributed by atoms with van der Waals surface area (Å²) in [7, 11) is 0. The highest BCUT2D eigenvalue weighted by Gasteiger charge is 2.27. The third kappa shape index (κ3) is 3.39. The number of amides is 1. The molecule has 5 rings (SSSR count). The predicted octanol–water partition coefficient (Wildman–Crippen LogP) is 2.89. The number of pyridine rings is 1. The smallest absolute Gasteiger partial charge is 0.272 e. The van der Waals surface area contributed by atoms with E-state index in [1.807, 2.05) is 46.7 Å². The first kappa shape index (κ1) is 18.9. The van der Waals surface area contributed by atoms with Crippen molar-refractivity contribution >= 4 is 11.6 Å². The largest absolute Gasteiger partial charge is 0.454 e. The second kappa shape index (κ2) is 7.65. The fraction of sp³-hybridized carbons (Fsp3) is 0.391. The molecular formula is C23H26N4O3. The number of rotatable bonds is 4. The van der Waals surface area contributed by atoms with Crippen molar-refractivity contribution in [2.75, 3.05) is 33.0 Å². The molecule has 1 aromatic carbocycles. The van der Waals surface area contributed by atoms with E-state index >= 15 is 0 Å². The Morgan fingerprint density at radius 2 is 1.87 bits per heavy atom. The SMILES string of the molecule is CCc1nc2ccc(C)cn2c1C(=O)N1CCN(Cc2ccc3c(c2)OCO3)CC1. The summed E-state index contributed by atoms with van der Waals surface area (Å²) in [5.41, 5.74) is 4.73. The van der Waals surface area contributed by atoms with Crippen molar-refractivity contribution < 1.29 is 14.3 Å². The highest BCUT2D eigenvalue weighted by atomic mass is 16.7. The summed E-state index contributed by atoms with van der Waals surface area (Å²) in [5.74, 6) is 1.70. The van der Waals surface area contributed by atoms with E-state index in [-0.39, 0.29) is 5.91 Å². The molecule has 1 saturated heterocycles. The molecule has 2 aliphatic heterocycles. The van der Waals surface area contributed by atoms with Gasteiger partial charge < -0.3 is 14.4 Å². The second-order valence-electron chi connectivity index (χ2n) is 7.95. The highest BCUT2D eigenvalue weighted by Crippen LogP contribution is 2.33. The van der Waals surface area contributed by atoms with Gasteiger partial charge in [-0.15, -0.1) is 0 Å². The number of nitrogens with zero attached hydrogens (tertiary/aromatic N) is 4. The molecule has 0 unspecified atom stereocenters. The summed E-state index contributed by atoms with van der Waals surface area (Å²) in [6, 6.07) is 10.1. The van der Waals surface area contributed by atoms with Crippen LogP contribution in [0.5, 0.6) is 11.5 Å². The monoisotopic (exact) mass is 406 g/mol. The normalized spacial score (nSPS) is 16.4. The van der Waals surface area contributed by atoms with Crippen LogP contribution in [-0.4, -0.2) is 58.1 Å². The van der Waals surface area contributed by atoms with Gasteiger partial charge in [-0.05, 0) is 42.7 Å². The van der Waals surface area contributed by atoms with E-state index < -0.39 is 0 Å². The standard InChI is InChI=1S/C23H26N4O3/c1-3-18-22(27-13-16(2)4-7-21(27)24-18)23(28)26-10-8-25(9-11-26)14-17-5-6-19-20(12-17)30-15-29-19/h4-7,12-13H,3,8-11,14-15H2,1-2H3. The Bertz CT molecular complexity index is 1100. The van der Waals surface area contributed by atoms with E-state index in [2.05, 4.69) is 22.9 Å². The second-order valence-corrected chi connectivity index (χ2v) is 7.95. The zero-order valence-electron chi connectivity index (χ0n) is 17.4. The summed E-state index contributed by atoms with van der Waals surface area (Å²) >= 11 is 0. The summed E-state index contributed by atoms with van der Waals surface area (Å²) in [4.78, 5) is 22.4. The van der Waals surface area contributed by atoms with Crippen LogP contribution in [0.1, 0.15) is 34.2 Å². The summed E-state index contributed by atoms with van der Waals surface area (Å²) in [6.07, 6.45) is 2.75. The van der Waals surface area contributed by atoms with Crippen LogP contribution in [-0.2, 0) is 13.0 Å². The Morgan fingerprint density at radius 1 is 1.07 bits per heavy atom. The van der Waals surface area contributed by atoms with Gasteiger partial charge in [0.2, 0.25) is 6.79 Å². The zero-order valence-corrected chi connectivity index (χ0v) is 17.4. The number of ether oxygens (including phenoxy) is 2. The molecule has 0 N–H and O–H groups in total. The number of carbonyl (C=O) groups is 1. The van der Waals surface area contributed by atoms with Crippen molar-refractivity contribution in [3.05, 3.63) is 59.0 Å². The fourth-order valence-corrected chi connectivity index (χ4v) is 4.23. The number of carbonyl (C=O) groups excluding carboxylic acids is 1. The van der Waals surface area contributed by atoms with E-state index in [1.54, 1.807) is 0 Å². The van der Waals surface area contributed by atoms with Gasteiger partial charge in [-0.3, -0.25) is 14.1 Å². The number of hydrogen-bond acceptors (Lipinski definition) is 5. The van der Waals surface area contributed by atoms with Gasteiger partial charge in [0.05, 0.1) is 5.69 Å². The summed E-state index contributed by atoms with van der Waals surface area (Å²) in [6.45, 7) is 8.34. The Labute approximate surface area is 175 Å². The molecule has 0 aliphatic carbocycles. The average Bonchev–Trinajstić information content (AvgIpc) is 3.37. The number of aryl methyl sites for hydroxylation is 2. The predicted molar refractivity (Wildman–Crippen MR) is 113 cm³/mol. The molecule has 156 valence electrons. The molecule has 7 nitrogen and oxygen atoms in total. The molecule has 0 bridgehead atoms. The van der Waals surface area contributed by atoms with Crippen LogP contribution in [0.15, 0.2) is 36.5 Å². The van der Waals surface area contributed by atoms with Crippen LogP contribution in [0, 0.1) is 6.92 Å². The lowest BCUT2D eigenvalue weighted by Crippen LogP contribution is -2.48. The van der Waals surface area contributed by atoms with Crippen LogP contribution in [0.3, 0.4) is 0 Å². The first-order valence-electron chi connectivity index (χ1n) is 10.5. The number of aromatic nitrogens is 2. The Morgan fingerprint density at radius 3 is 2.67 bits per heavy atom. The number of imidazole rings is 1. The first-order valence-corrected chi connectivity index (χ1v) is 10.5. The molecule has 4 heterocycles. The topological polar surface area (TPSA) is 59.3 Å². The van der Waals surface area contributed by atoms with Crippen LogP contribution in [0.2, 0.25) is 0 Å². The van der Waals surface area contributed by atoms with Crippen molar-refractivity contribution in [2.45, 2.75) is 26.8 Å². The molecule has 7 heteroatoms. The molecule has 0 radical (unpaired) electrons. The van der Waals surface area contributed by atoms with Gasteiger partial charge in [0.15, 0.2) is 11.5 Å². The fourth-order valence-electron chi connectivity index (χ4n) is 4.23. The maximum Gasteiger partial charge on any atom is 0.272 e. The third-order valence-corrected chi connectivity index (χ3v) is 5.88. The van der Waals surface area contributed by atoms with Crippen molar-refractivity contribution in [1.29, 1.82) is 0 Å². The average molecular weight is 406 g/mol. The van der Waals surface area contributed by atoms with Crippen molar-refractivity contribution in [2.24, 2.45) is 0 Å². The minimum atomic E-state index is 0.0766. The molecule has 1 amide bonds. The summed E-state index contributed by atoms with van der Waals surface area (Å²) < 4.78 is 12.8. The van der Waals surface area contributed by atoms with Crippen molar-refractivity contribution in [3.63, 3.8) is 0 Å². The van der Waals surface area contributed by atoms with Gasteiger partial charge in [-0.2, -0.15) is 0 Å². The van der Waals surface area contributed by atoms with Gasteiger partial charge in [0, 0.05) is 38.9 Å². The van der Waals surface area contributed by atoms with Crippen LogP contribution < -0.4 is 9.47 Å². The highest BCUT2D eigenvalue weighted by molar-refractivity contribution is 5.95. The maximum absolute atomic E-state index is 13.4. The Balaban J connectivity index is 1.28. The van der Waals surface area contributed by atoms with Gasteiger partial charge in [-0.1, -0.05) is 19.1 Å². The van der Waals surface area contributed by atoms with Crippen LogP contribution in [0.4, 0.5) is 0 Å². The van der Waals surface area contributed by atoms with Crippen LogP contribution >= 0.6 is 0 Å². The van der Waals surface area contributed by atoms with E-state index in [0.717, 1.165) is 54.5 Å². The Kier molecular flexibility index (Phi) is 4.83. The lowest BCUT2D eigenvalue weighted by Gasteiger charge is -2.34. The van der Waals surface area contributed by atoms with E-state index in [9.17, 15) is 4.79 Å². The lowest BCUT2D eigenvalue weighted by atomic mass is 10.1. The molecule has 3 aromatic rings. The number of piperazine rings is 1. The minimum Gasteiger partial charge on any atom is -0.454 e. The van der Waals surface area contributed by atoms with Gasteiger partial charge in [0.1, 0.15) is 11.3 Å². The first-order chi connectivity index (χ1) is 14.6. The number of benzene rings is 1. The van der Waals surface area contributed by atoms with Crippen molar-refractivity contribution in [3.8, 4) is 11.5 Å². The molecule has 1 fully saturated rings. The van der Waals surface area contributed by atoms with Gasteiger partial charge >= 0.3 is 0 Å². The number of hydrogen-bond donors (Lipinski definition) is 0. The number of fused-ring (bicyclic) bond motifs is 2. The Hall–Kier alpha value is -3.06. The molecule has 0 spiro atoms. The quantitative estimate of drug-likeness (QED) is 0.667. The van der Waals surface area contributed by atoms with Gasteiger partial charge in [-0.25, -0.2) is 4.98 Å². The minimum absolute atomic E-state index is 0.0766. The summed E-state index contributed by atoms with van der Waals surface area (Å²) in [5, 5.41) is 0. The van der Waals surface area contributed by atoms with E-state index in [4.69, 9.17) is 9.47 Å². The lowest BCUT2D eigenvalue weighted by molar-refractivity contribution is 0.0620.